The first-order valence-electron chi connectivity index (χ1n) is 7.44. The molecule has 0 bridgehead atoms. The molecule has 24 heavy (non-hydrogen) atoms. The molecule has 0 aromatic carbocycles. The number of nitrogens with zero attached hydrogens (tertiary/aromatic N) is 5. The second-order valence-corrected chi connectivity index (χ2v) is 7.87. The van der Waals surface area contributed by atoms with Gasteiger partial charge in [-0.25, -0.2) is 4.98 Å². The number of hydrogen-bond acceptors (Lipinski definition) is 9. The van der Waals surface area contributed by atoms with E-state index in [4.69, 9.17) is 4.52 Å². The Balaban J connectivity index is 0.00000169. The van der Waals surface area contributed by atoms with Gasteiger partial charge in [0.1, 0.15) is 4.83 Å². The molecule has 1 fully saturated rings. The van der Waals surface area contributed by atoms with E-state index in [0.717, 1.165) is 45.0 Å². The predicted molar refractivity (Wildman–Crippen MR) is 101 cm³/mol. The van der Waals surface area contributed by atoms with Gasteiger partial charge in [-0.1, -0.05) is 16.5 Å². The minimum Gasteiger partial charge on any atom is -0.354 e. The van der Waals surface area contributed by atoms with Crippen molar-refractivity contribution in [2.24, 2.45) is 0 Å². The van der Waals surface area contributed by atoms with Gasteiger partial charge in [0, 0.05) is 33.7 Å². The summed E-state index contributed by atoms with van der Waals surface area (Å²) in [5, 5.41) is 8.57. The van der Waals surface area contributed by atoms with Crippen LogP contribution in [0.15, 0.2) is 10.6 Å². The maximum absolute atomic E-state index is 5.49. The average molecular weight is 387 g/mol. The fourth-order valence-electron chi connectivity index (χ4n) is 2.59. The summed E-state index contributed by atoms with van der Waals surface area (Å²) in [6, 6.07) is 2.26. The Morgan fingerprint density at radius 1 is 1.33 bits per heavy atom. The van der Waals surface area contributed by atoms with Crippen LogP contribution < -0.4 is 10.2 Å². The fourth-order valence-corrected chi connectivity index (χ4v) is 4.64. The molecule has 0 aliphatic carbocycles. The lowest BCUT2D eigenvalue weighted by molar-refractivity contribution is 0.190. The summed E-state index contributed by atoms with van der Waals surface area (Å²) in [4.78, 5) is 15.5. The summed E-state index contributed by atoms with van der Waals surface area (Å²) in [5.74, 6) is 1.33. The van der Waals surface area contributed by atoms with Crippen molar-refractivity contribution in [1.29, 1.82) is 0 Å². The number of piperazine rings is 1. The second-order valence-electron chi connectivity index (χ2n) is 5.83. The third kappa shape index (κ3) is 3.14. The van der Waals surface area contributed by atoms with Crippen molar-refractivity contribution in [3.8, 4) is 10.8 Å². The number of rotatable bonds is 3. The molecule has 0 radical (unpaired) electrons. The van der Waals surface area contributed by atoms with E-state index in [1.165, 1.54) is 0 Å². The quantitative estimate of drug-likeness (QED) is 0.741. The fraction of sp³-hybridized carbons (Fsp3) is 0.500. The molecule has 1 N–H and O–H groups in total. The third-order valence-electron chi connectivity index (χ3n) is 3.92. The van der Waals surface area contributed by atoms with Crippen molar-refractivity contribution in [3.63, 3.8) is 0 Å². The molecule has 0 spiro atoms. The van der Waals surface area contributed by atoms with E-state index in [0.29, 0.717) is 5.89 Å². The molecule has 1 unspecified atom stereocenters. The molecular formula is C14H19ClN6OS2. The van der Waals surface area contributed by atoms with Crippen LogP contribution in [0.3, 0.4) is 0 Å². The van der Waals surface area contributed by atoms with Gasteiger partial charge < -0.3 is 14.7 Å². The Bertz CT molecular complexity index is 797. The number of nitrogens with one attached hydrogen (secondary N) is 1. The molecule has 1 aliphatic rings. The van der Waals surface area contributed by atoms with Gasteiger partial charge >= 0.3 is 0 Å². The van der Waals surface area contributed by atoms with Gasteiger partial charge in [0.05, 0.1) is 15.6 Å². The Labute approximate surface area is 154 Å². The van der Waals surface area contributed by atoms with Crippen LogP contribution in [0.2, 0.25) is 0 Å². The molecule has 1 aliphatic heterocycles. The molecule has 0 saturated carbocycles. The zero-order valence-corrected chi connectivity index (χ0v) is 16.1. The van der Waals surface area contributed by atoms with Crippen LogP contribution >= 0.6 is 35.1 Å². The van der Waals surface area contributed by atoms with E-state index in [2.05, 4.69) is 38.5 Å². The summed E-state index contributed by atoms with van der Waals surface area (Å²) in [5.41, 5.74) is 0. The minimum absolute atomic E-state index is 0. The highest BCUT2D eigenvalue weighted by molar-refractivity contribution is 7.30. The molecule has 0 amide bonds. The number of aromatic nitrogens is 3. The third-order valence-corrected chi connectivity index (χ3v) is 6.24. The summed E-state index contributed by atoms with van der Waals surface area (Å²) >= 11 is 3.27. The van der Waals surface area contributed by atoms with Gasteiger partial charge in [0.2, 0.25) is 0 Å². The van der Waals surface area contributed by atoms with Crippen LogP contribution in [0, 0.1) is 0 Å². The first-order valence-corrected chi connectivity index (χ1v) is 9.08. The van der Waals surface area contributed by atoms with Gasteiger partial charge in [0.25, 0.3) is 5.89 Å². The maximum atomic E-state index is 5.49. The standard InChI is InChI=1S/C14H18N6OS2.ClH/c1-19(2)14-17-13-10(23-14)6-9(22-13)12-16-11(18-21-12)8-7-15-4-5-20(8)3;/h6,8,15H,4-5,7H2,1-3H3;1H. The number of thiazole rings is 1. The van der Waals surface area contributed by atoms with Gasteiger partial charge in [-0.05, 0) is 13.1 Å². The Hall–Kier alpha value is -1.26. The predicted octanol–water partition coefficient (Wildman–Crippen LogP) is 2.47. The number of thiophene rings is 1. The van der Waals surface area contributed by atoms with Crippen LogP contribution in [0.4, 0.5) is 5.13 Å². The molecule has 3 aromatic heterocycles. The molecule has 10 heteroatoms. The number of hydrogen-bond donors (Lipinski definition) is 1. The number of fused-ring (bicyclic) bond motifs is 1. The first kappa shape index (κ1) is 17.6. The van der Waals surface area contributed by atoms with Crippen molar-refractivity contribution in [1.82, 2.24) is 25.3 Å². The summed E-state index contributed by atoms with van der Waals surface area (Å²) < 4.78 is 6.65. The molecular weight excluding hydrogens is 368 g/mol. The van der Waals surface area contributed by atoms with Crippen LogP contribution in [-0.4, -0.2) is 60.8 Å². The lowest BCUT2D eigenvalue weighted by Crippen LogP contribution is -2.44. The van der Waals surface area contributed by atoms with Gasteiger partial charge in [-0.2, -0.15) is 4.98 Å². The summed E-state index contributed by atoms with van der Waals surface area (Å²) in [6.07, 6.45) is 0. The van der Waals surface area contributed by atoms with E-state index in [1.54, 1.807) is 22.7 Å². The number of anilines is 1. The number of likely N-dealkylation sites (N-methyl/N-ethyl adjacent to an activating group) is 1. The van der Waals surface area contributed by atoms with Crippen LogP contribution in [0.25, 0.3) is 20.3 Å². The Morgan fingerprint density at radius 3 is 2.88 bits per heavy atom. The smallest absolute Gasteiger partial charge is 0.268 e. The first-order chi connectivity index (χ1) is 11.1. The zero-order chi connectivity index (χ0) is 16.0. The van der Waals surface area contributed by atoms with E-state index in [9.17, 15) is 0 Å². The average Bonchev–Trinajstić information content (AvgIpc) is 3.21. The van der Waals surface area contributed by atoms with Gasteiger partial charge in [0.15, 0.2) is 11.0 Å². The van der Waals surface area contributed by atoms with E-state index in [1.807, 2.05) is 19.0 Å². The Kier molecular flexibility index (Phi) is 5.07. The highest BCUT2D eigenvalue weighted by Gasteiger charge is 2.26. The van der Waals surface area contributed by atoms with Crippen molar-refractivity contribution in [2.75, 3.05) is 45.7 Å². The molecule has 1 saturated heterocycles. The van der Waals surface area contributed by atoms with Crippen molar-refractivity contribution in [3.05, 3.63) is 11.9 Å². The van der Waals surface area contributed by atoms with Crippen molar-refractivity contribution >= 4 is 49.7 Å². The molecule has 4 rings (SSSR count). The maximum Gasteiger partial charge on any atom is 0.268 e. The highest BCUT2D eigenvalue weighted by Crippen LogP contribution is 2.38. The van der Waals surface area contributed by atoms with Crippen molar-refractivity contribution < 1.29 is 4.52 Å². The van der Waals surface area contributed by atoms with Crippen LogP contribution in [0.5, 0.6) is 0 Å². The molecule has 1 atom stereocenters. The second kappa shape index (κ2) is 6.93. The van der Waals surface area contributed by atoms with E-state index in [-0.39, 0.29) is 18.4 Å². The highest BCUT2D eigenvalue weighted by atomic mass is 35.5. The van der Waals surface area contributed by atoms with Crippen molar-refractivity contribution in [2.45, 2.75) is 6.04 Å². The van der Waals surface area contributed by atoms with Crippen LogP contribution in [-0.2, 0) is 0 Å². The minimum atomic E-state index is 0. The monoisotopic (exact) mass is 386 g/mol. The lowest BCUT2D eigenvalue weighted by Gasteiger charge is -2.30. The largest absolute Gasteiger partial charge is 0.354 e. The van der Waals surface area contributed by atoms with Gasteiger partial charge in [-0.15, -0.1) is 23.7 Å². The lowest BCUT2D eigenvalue weighted by atomic mass is 10.2. The Morgan fingerprint density at radius 2 is 2.17 bits per heavy atom. The topological polar surface area (TPSA) is 70.3 Å². The number of halogens is 1. The summed E-state index contributed by atoms with van der Waals surface area (Å²) in [6.45, 7) is 2.84. The normalized spacial score (nSPS) is 18.7. The molecule has 7 nitrogen and oxygen atoms in total. The molecule has 130 valence electrons. The molecule has 3 aromatic rings. The van der Waals surface area contributed by atoms with Crippen LogP contribution in [0.1, 0.15) is 11.9 Å². The van der Waals surface area contributed by atoms with Gasteiger partial charge in [-0.3, -0.25) is 4.90 Å². The van der Waals surface area contributed by atoms with E-state index < -0.39 is 0 Å². The SMILES string of the molecule is CN(C)c1nc2sc(-c3nc(C4CNCCN4C)no3)cc2s1.Cl. The van der Waals surface area contributed by atoms with E-state index >= 15 is 0 Å². The summed E-state index contributed by atoms with van der Waals surface area (Å²) in [7, 11) is 6.10. The molecule has 4 heterocycles. The zero-order valence-electron chi connectivity index (χ0n) is 13.6.